The van der Waals surface area contributed by atoms with E-state index in [-0.39, 0.29) is 5.56 Å². The third-order valence-corrected chi connectivity index (χ3v) is 1.89. The largest absolute Gasteiger partial charge is 0.490 e. The molecule has 0 bridgehead atoms. The molecule has 0 fully saturated rings. The molecule has 0 saturated heterocycles. The van der Waals surface area contributed by atoms with E-state index in [2.05, 4.69) is 9.97 Å². The first-order chi connectivity index (χ1) is 6.66. The highest BCUT2D eigenvalue weighted by Crippen LogP contribution is 2.02. The van der Waals surface area contributed by atoms with E-state index in [1.165, 1.54) is 12.3 Å². The van der Waals surface area contributed by atoms with Crippen LogP contribution in [0.3, 0.4) is 0 Å². The van der Waals surface area contributed by atoms with Crippen molar-refractivity contribution >= 4 is 23.6 Å². The van der Waals surface area contributed by atoms with Crippen LogP contribution in [0.5, 0.6) is 0 Å². The van der Waals surface area contributed by atoms with Crippen LogP contribution in [0, 0.1) is 0 Å². The second-order valence-corrected chi connectivity index (χ2v) is 2.90. The van der Waals surface area contributed by atoms with Crippen LogP contribution in [0.25, 0.3) is 11.0 Å². The minimum absolute atomic E-state index is 0.234. The lowest BCUT2D eigenvalue weighted by molar-refractivity contribution is 0.425. The lowest BCUT2D eigenvalue weighted by Gasteiger charge is -2.00. The van der Waals surface area contributed by atoms with Gasteiger partial charge in [-0.2, -0.15) is 0 Å². The Hall–Kier alpha value is -1.66. The van der Waals surface area contributed by atoms with Crippen LogP contribution in [0.4, 0.5) is 0 Å². The molecule has 0 radical (unpaired) electrons. The van der Waals surface area contributed by atoms with Gasteiger partial charge in [-0.15, -0.1) is 0 Å². The van der Waals surface area contributed by atoms with Gasteiger partial charge in [0.05, 0.1) is 0 Å². The molecule has 0 saturated carbocycles. The van der Waals surface area contributed by atoms with Gasteiger partial charge in [-0.1, -0.05) is 0 Å². The molecule has 0 unspecified atom stereocenters. The zero-order valence-electron chi connectivity index (χ0n) is 7.14. The van der Waals surface area contributed by atoms with Crippen molar-refractivity contribution in [2.24, 2.45) is 0 Å². The predicted molar refractivity (Wildman–Crippen MR) is 52.2 cm³/mol. The number of rotatable bonds is 1. The van der Waals surface area contributed by atoms with E-state index in [0.29, 0.717) is 16.5 Å². The summed E-state index contributed by atoms with van der Waals surface area (Å²) in [6.45, 7) is 0. The summed E-state index contributed by atoms with van der Waals surface area (Å²) in [5.74, 6) is 0. The van der Waals surface area contributed by atoms with E-state index in [1.54, 1.807) is 12.1 Å². The third-order valence-electron chi connectivity index (χ3n) is 1.89. The van der Waals surface area contributed by atoms with E-state index in [9.17, 15) is 4.79 Å². The number of nitrogens with one attached hydrogen (secondary N) is 1. The highest BCUT2D eigenvalue weighted by atomic mass is 16.4. The number of hydrogen-bond acceptors (Lipinski definition) is 4. The number of aromatic amines is 1. The van der Waals surface area contributed by atoms with Crippen LogP contribution in [-0.2, 0) is 0 Å². The molecule has 0 aliphatic carbocycles. The van der Waals surface area contributed by atoms with Crippen molar-refractivity contribution in [2.75, 3.05) is 0 Å². The van der Waals surface area contributed by atoms with Gasteiger partial charge < -0.3 is 15.0 Å². The fourth-order valence-corrected chi connectivity index (χ4v) is 1.20. The first kappa shape index (κ1) is 8.92. The van der Waals surface area contributed by atoms with Crippen molar-refractivity contribution in [3.8, 4) is 0 Å². The normalized spacial score (nSPS) is 10.4. The van der Waals surface area contributed by atoms with Gasteiger partial charge in [-0.3, -0.25) is 4.79 Å². The maximum Gasteiger partial charge on any atom is 0.490 e. The highest BCUT2D eigenvalue weighted by molar-refractivity contribution is 6.58. The molecular formula is C8H7BN2O3. The zero-order chi connectivity index (χ0) is 10.1. The molecule has 0 aromatic carbocycles. The van der Waals surface area contributed by atoms with E-state index < -0.39 is 7.12 Å². The Labute approximate surface area is 79.2 Å². The average molecular weight is 190 g/mol. The molecule has 2 aromatic heterocycles. The van der Waals surface area contributed by atoms with Crippen molar-refractivity contribution in [1.29, 1.82) is 0 Å². The summed E-state index contributed by atoms with van der Waals surface area (Å²) >= 11 is 0. The molecule has 70 valence electrons. The molecule has 0 aliphatic rings. The molecule has 0 amide bonds. The van der Waals surface area contributed by atoms with Gasteiger partial charge in [0.15, 0.2) is 0 Å². The van der Waals surface area contributed by atoms with Gasteiger partial charge in [0.25, 0.3) is 0 Å². The Bertz CT molecular complexity index is 523. The quantitative estimate of drug-likeness (QED) is 0.483. The van der Waals surface area contributed by atoms with Crippen LogP contribution in [-0.4, -0.2) is 27.1 Å². The fourth-order valence-electron chi connectivity index (χ4n) is 1.20. The maximum absolute atomic E-state index is 10.9. The Kier molecular flexibility index (Phi) is 2.07. The molecular weight excluding hydrogens is 183 g/mol. The van der Waals surface area contributed by atoms with Gasteiger partial charge in [0.1, 0.15) is 5.65 Å². The third kappa shape index (κ3) is 1.52. The number of fused-ring (bicyclic) bond motifs is 1. The van der Waals surface area contributed by atoms with Crippen molar-refractivity contribution in [1.82, 2.24) is 9.97 Å². The molecule has 2 aromatic rings. The highest BCUT2D eigenvalue weighted by Gasteiger charge is 2.11. The summed E-state index contributed by atoms with van der Waals surface area (Å²) in [5, 5.41) is 18.4. The zero-order valence-corrected chi connectivity index (χ0v) is 7.14. The van der Waals surface area contributed by atoms with Crippen molar-refractivity contribution in [2.45, 2.75) is 0 Å². The number of nitrogens with zero attached hydrogens (tertiary/aromatic N) is 1. The summed E-state index contributed by atoms with van der Waals surface area (Å²) in [7, 11) is -1.54. The fraction of sp³-hybridized carbons (Fsp3) is 0. The minimum Gasteiger partial charge on any atom is -0.423 e. The van der Waals surface area contributed by atoms with Crippen LogP contribution in [0.2, 0.25) is 0 Å². The summed E-state index contributed by atoms with van der Waals surface area (Å²) in [6.07, 6.45) is 1.31. The van der Waals surface area contributed by atoms with Gasteiger partial charge >= 0.3 is 7.12 Å². The Morgan fingerprint density at radius 2 is 2.14 bits per heavy atom. The van der Waals surface area contributed by atoms with Crippen LogP contribution >= 0.6 is 0 Å². The van der Waals surface area contributed by atoms with Gasteiger partial charge in [0, 0.05) is 23.1 Å². The van der Waals surface area contributed by atoms with E-state index in [4.69, 9.17) is 10.0 Å². The Morgan fingerprint density at radius 1 is 1.36 bits per heavy atom. The first-order valence-corrected chi connectivity index (χ1v) is 4.02. The Morgan fingerprint density at radius 3 is 2.86 bits per heavy atom. The van der Waals surface area contributed by atoms with Crippen molar-refractivity contribution in [3.63, 3.8) is 0 Å². The summed E-state index contributed by atoms with van der Waals surface area (Å²) in [5.41, 5.74) is 0.494. The number of hydrogen-bond donors (Lipinski definition) is 3. The standard InChI is InChI=1S/C8H7BN2O3/c12-7-2-1-5-3-6(9(13)14)4-10-8(5)11-7/h1-4,13-14H,(H,10,11,12). The van der Waals surface area contributed by atoms with E-state index >= 15 is 0 Å². The van der Waals surface area contributed by atoms with Crippen LogP contribution < -0.4 is 11.0 Å². The number of aromatic nitrogens is 2. The van der Waals surface area contributed by atoms with E-state index in [0.717, 1.165) is 0 Å². The summed E-state index contributed by atoms with van der Waals surface area (Å²) in [4.78, 5) is 17.3. The van der Waals surface area contributed by atoms with Crippen LogP contribution in [0.1, 0.15) is 0 Å². The van der Waals surface area contributed by atoms with Crippen molar-refractivity contribution < 1.29 is 10.0 Å². The second kappa shape index (κ2) is 3.24. The topological polar surface area (TPSA) is 86.2 Å². The van der Waals surface area contributed by atoms with E-state index in [1.807, 2.05) is 0 Å². The average Bonchev–Trinajstić information content (AvgIpc) is 2.16. The smallest absolute Gasteiger partial charge is 0.423 e. The lowest BCUT2D eigenvalue weighted by atomic mass is 9.81. The summed E-state index contributed by atoms with van der Waals surface area (Å²) < 4.78 is 0. The lowest BCUT2D eigenvalue weighted by Crippen LogP contribution is -2.30. The molecule has 2 rings (SSSR count). The predicted octanol–water partition coefficient (Wildman–Crippen LogP) is -1.40. The second-order valence-electron chi connectivity index (χ2n) is 2.90. The molecule has 5 nitrogen and oxygen atoms in total. The van der Waals surface area contributed by atoms with Crippen LogP contribution in [0.15, 0.2) is 29.2 Å². The summed E-state index contributed by atoms with van der Waals surface area (Å²) in [6, 6.07) is 4.49. The monoisotopic (exact) mass is 190 g/mol. The molecule has 14 heavy (non-hydrogen) atoms. The number of pyridine rings is 2. The minimum atomic E-state index is -1.54. The molecule has 0 aliphatic heterocycles. The molecule has 6 heteroatoms. The SMILES string of the molecule is O=c1ccc2cc(B(O)O)cnc2[nH]1. The Balaban J connectivity index is 2.67. The maximum atomic E-state index is 10.9. The molecule has 2 heterocycles. The van der Waals surface area contributed by atoms with Gasteiger partial charge in [-0.25, -0.2) is 4.98 Å². The molecule has 3 N–H and O–H groups in total. The van der Waals surface area contributed by atoms with Gasteiger partial charge in [0.2, 0.25) is 5.56 Å². The van der Waals surface area contributed by atoms with Crippen molar-refractivity contribution in [3.05, 3.63) is 34.7 Å². The number of H-pyrrole nitrogens is 1. The van der Waals surface area contributed by atoms with Gasteiger partial charge in [-0.05, 0) is 12.1 Å². The molecule has 0 spiro atoms. The molecule has 0 atom stereocenters. The first-order valence-electron chi connectivity index (χ1n) is 4.02.